The molecule has 2 fully saturated rings. The molecule has 1 amide bonds. The first-order valence-electron chi connectivity index (χ1n) is 10.9. The van der Waals surface area contributed by atoms with Crippen molar-refractivity contribution in [1.29, 1.82) is 0 Å². The zero-order valence-electron chi connectivity index (χ0n) is 16.9. The van der Waals surface area contributed by atoms with Crippen LogP contribution in [0.1, 0.15) is 69.6 Å². The van der Waals surface area contributed by atoms with E-state index in [0.29, 0.717) is 36.4 Å². The Kier molecular flexibility index (Phi) is 6.82. The molecule has 0 spiro atoms. The fraction of sp³-hybridized carbons (Fsp3) is 0.667. The van der Waals surface area contributed by atoms with Gasteiger partial charge in [0.1, 0.15) is 5.69 Å². The van der Waals surface area contributed by atoms with Crippen molar-refractivity contribution in [2.45, 2.75) is 69.7 Å². The van der Waals surface area contributed by atoms with Crippen LogP contribution in [0.5, 0.6) is 0 Å². The maximum absolute atomic E-state index is 12.3. The molecule has 4 rings (SSSR count). The number of carbonyl (C=O) groups is 1. The quantitative estimate of drug-likeness (QED) is 0.849. The van der Waals surface area contributed by atoms with Crippen LogP contribution < -0.4 is 5.32 Å². The molecule has 29 heavy (non-hydrogen) atoms. The van der Waals surface area contributed by atoms with Crippen molar-refractivity contribution in [1.82, 2.24) is 30.3 Å². The molecule has 1 aliphatic carbocycles. The summed E-state index contributed by atoms with van der Waals surface area (Å²) in [5, 5.41) is 7.16. The Hall–Kier alpha value is -2.35. The third kappa shape index (κ3) is 5.38. The lowest BCUT2D eigenvalue weighted by atomic mass is 9.93. The molecular weight excluding hydrogens is 368 g/mol. The van der Waals surface area contributed by atoms with Gasteiger partial charge in [-0.25, -0.2) is 4.98 Å². The predicted molar refractivity (Wildman–Crippen MR) is 108 cm³/mol. The number of hydrogen-bond donors (Lipinski definition) is 1. The van der Waals surface area contributed by atoms with Gasteiger partial charge in [-0.3, -0.25) is 14.7 Å². The van der Waals surface area contributed by atoms with E-state index in [9.17, 15) is 4.79 Å². The molecule has 1 unspecified atom stereocenters. The summed E-state index contributed by atoms with van der Waals surface area (Å²) in [4.78, 5) is 27.7. The topological polar surface area (TPSA) is 97.0 Å². The monoisotopic (exact) mass is 398 g/mol. The van der Waals surface area contributed by atoms with Crippen LogP contribution in [0, 0.1) is 0 Å². The zero-order valence-corrected chi connectivity index (χ0v) is 16.9. The van der Waals surface area contributed by atoms with Crippen LogP contribution >= 0.6 is 0 Å². The van der Waals surface area contributed by atoms with Crippen LogP contribution in [0.25, 0.3) is 11.5 Å². The highest BCUT2D eigenvalue weighted by atomic mass is 16.5. The summed E-state index contributed by atoms with van der Waals surface area (Å²) >= 11 is 0. The fourth-order valence-electron chi connectivity index (χ4n) is 4.49. The van der Waals surface area contributed by atoms with Crippen LogP contribution in [0.15, 0.2) is 23.1 Å². The first-order chi connectivity index (χ1) is 14.3. The van der Waals surface area contributed by atoms with E-state index < -0.39 is 0 Å². The molecule has 1 aliphatic heterocycles. The molecule has 0 bridgehead atoms. The van der Waals surface area contributed by atoms with E-state index >= 15 is 0 Å². The van der Waals surface area contributed by atoms with Gasteiger partial charge in [0.05, 0.1) is 6.20 Å². The number of nitrogens with one attached hydrogen (secondary N) is 1. The van der Waals surface area contributed by atoms with Gasteiger partial charge in [0, 0.05) is 43.9 Å². The summed E-state index contributed by atoms with van der Waals surface area (Å²) in [6.45, 7) is 2.52. The Bertz CT molecular complexity index is 774. The zero-order chi connectivity index (χ0) is 19.9. The molecule has 0 aromatic carbocycles. The third-order valence-corrected chi connectivity index (χ3v) is 6.11. The standard InChI is InChI=1S/C21H30N6O2/c28-19-9-14-27(17-6-2-1-3-7-17)13-4-5-16(8-10-24-19)21-25-20(26-29-21)18-15-22-11-12-23-18/h11-12,15-17H,1-10,13-14H2,(H,24,28). The number of hydrogen-bond acceptors (Lipinski definition) is 7. The number of carbonyl (C=O) groups excluding carboxylic acids is 1. The van der Waals surface area contributed by atoms with Crippen molar-refractivity contribution >= 4 is 5.91 Å². The van der Waals surface area contributed by atoms with E-state index in [4.69, 9.17) is 4.52 Å². The van der Waals surface area contributed by atoms with Gasteiger partial charge in [-0.05, 0) is 38.6 Å². The van der Waals surface area contributed by atoms with Gasteiger partial charge in [-0.1, -0.05) is 24.4 Å². The number of nitrogens with zero attached hydrogens (tertiary/aromatic N) is 5. The molecule has 1 atom stereocenters. The first-order valence-corrected chi connectivity index (χ1v) is 10.9. The third-order valence-electron chi connectivity index (χ3n) is 6.11. The normalized spacial score (nSPS) is 23.3. The molecule has 1 saturated carbocycles. The van der Waals surface area contributed by atoms with Crippen molar-refractivity contribution in [2.24, 2.45) is 0 Å². The van der Waals surface area contributed by atoms with Crippen LogP contribution in [-0.4, -0.2) is 56.6 Å². The summed E-state index contributed by atoms with van der Waals surface area (Å²) in [5.41, 5.74) is 0.607. The molecule has 2 aromatic rings. The minimum atomic E-state index is 0.136. The van der Waals surface area contributed by atoms with Gasteiger partial charge in [-0.15, -0.1) is 0 Å². The van der Waals surface area contributed by atoms with Gasteiger partial charge in [0.15, 0.2) is 0 Å². The molecule has 8 nitrogen and oxygen atoms in total. The van der Waals surface area contributed by atoms with Gasteiger partial charge in [0.2, 0.25) is 17.6 Å². The smallest absolute Gasteiger partial charge is 0.230 e. The Balaban J connectivity index is 1.44. The van der Waals surface area contributed by atoms with Crippen LogP contribution in [0.3, 0.4) is 0 Å². The highest BCUT2D eigenvalue weighted by Crippen LogP contribution is 2.27. The van der Waals surface area contributed by atoms with E-state index in [1.54, 1.807) is 18.6 Å². The second-order valence-corrected chi connectivity index (χ2v) is 8.10. The summed E-state index contributed by atoms with van der Waals surface area (Å²) in [5.74, 6) is 1.37. The Morgan fingerprint density at radius 3 is 2.76 bits per heavy atom. The van der Waals surface area contributed by atoms with Crippen LogP contribution in [-0.2, 0) is 4.79 Å². The second-order valence-electron chi connectivity index (χ2n) is 8.10. The van der Waals surface area contributed by atoms with Gasteiger partial charge in [0.25, 0.3) is 0 Å². The van der Waals surface area contributed by atoms with Crippen molar-refractivity contribution in [3.63, 3.8) is 0 Å². The van der Waals surface area contributed by atoms with Crippen molar-refractivity contribution in [2.75, 3.05) is 19.6 Å². The summed E-state index contributed by atoms with van der Waals surface area (Å²) < 4.78 is 5.57. The fourth-order valence-corrected chi connectivity index (χ4v) is 4.49. The SMILES string of the molecule is O=C1CCN(C2CCCCC2)CCCC(c2nc(-c3cnccn3)no2)CCN1. The molecule has 156 valence electrons. The lowest BCUT2D eigenvalue weighted by Crippen LogP contribution is -2.39. The molecule has 3 heterocycles. The first kappa shape index (κ1) is 19.9. The maximum atomic E-state index is 12.3. The van der Waals surface area contributed by atoms with Gasteiger partial charge >= 0.3 is 0 Å². The molecule has 1 saturated heterocycles. The average molecular weight is 399 g/mol. The van der Waals surface area contributed by atoms with Crippen LogP contribution in [0.4, 0.5) is 0 Å². The largest absolute Gasteiger partial charge is 0.356 e. The summed E-state index contributed by atoms with van der Waals surface area (Å²) in [6, 6.07) is 0.627. The van der Waals surface area contributed by atoms with Crippen molar-refractivity contribution in [3.05, 3.63) is 24.5 Å². The Morgan fingerprint density at radius 1 is 1.03 bits per heavy atom. The Morgan fingerprint density at radius 2 is 1.93 bits per heavy atom. The molecule has 2 aromatic heterocycles. The lowest BCUT2D eigenvalue weighted by Gasteiger charge is -2.34. The van der Waals surface area contributed by atoms with Crippen LogP contribution in [0.2, 0.25) is 0 Å². The van der Waals surface area contributed by atoms with E-state index in [0.717, 1.165) is 32.4 Å². The minimum Gasteiger partial charge on any atom is -0.356 e. The molecule has 2 aliphatic rings. The molecular formula is C21H30N6O2. The number of aromatic nitrogens is 4. The molecule has 1 N–H and O–H groups in total. The van der Waals surface area contributed by atoms with Crippen molar-refractivity contribution in [3.8, 4) is 11.5 Å². The number of amides is 1. The number of rotatable bonds is 3. The van der Waals surface area contributed by atoms with E-state index in [-0.39, 0.29) is 11.8 Å². The lowest BCUT2D eigenvalue weighted by molar-refractivity contribution is -0.121. The van der Waals surface area contributed by atoms with Gasteiger partial charge < -0.3 is 9.84 Å². The summed E-state index contributed by atoms with van der Waals surface area (Å²) in [6.07, 6.45) is 14.8. The van der Waals surface area contributed by atoms with Crippen molar-refractivity contribution < 1.29 is 9.32 Å². The molecule has 0 radical (unpaired) electrons. The van der Waals surface area contributed by atoms with E-state index in [1.807, 2.05) is 0 Å². The Labute approximate surface area is 171 Å². The minimum absolute atomic E-state index is 0.136. The summed E-state index contributed by atoms with van der Waals surface area (Å²) in [7, 11) is 0. The second kappa shape index (κ2) is 9.91. The highest BCUT2D eigenvalue weighted by molar-refractivity contribution is 5.76. The highest BCUT2D eigenvalue weighted by Gasteiger charge is 2.25. The van der Waals surface area contributed by atoms with E-state index in [1.165, 1.54) is 32.1 Å². The molecule has 8 heteroatoms. The van der Waals surface area contributed by atoms with E-state index in [2.05, 4.69) is 30.3 Å². The maximum Gasteiger partial charge on any atom is 0.230 e. The van der Waals surface area contributed by atoms with Gasteiger partial charge in [-0.2, -0.15) is 4.98 Å². The predicted octanol–water partition coefficient (Wildman–Crippen LogP) is 2.94. The average Bonchev–Trinajstić information content (AvgIpc) is 3.24.